The minimum atomic E-state index is -1.71. The van der Waals surface area contributed by atoms with Crippen LogP contribution < -0.4 is 32.9 Å². The van der Waals surface area contributed by atoms with Gasteiger partial charge in [-0.05, 0) is 60.1 Å². The number of rotatable bonds is 12. The fraction of sp³-hybridized carbons (Fsp3) is 0.286. The van der Waals surface area contributed by atoms with Gasteiger partial charge in [0.15, 0.2) is 0 Å². The van der Waals surface area contributed by atoms with Gasteiger partial charge in [0.1, 0.15) is 23.2 Å². The smallest absolute Gasteiger partial charge is 0.115 e. The Kier molecular flexibility index (Phi) is 12.7. The average molecular weight is 607 g/mol. The highest BCUT2D eigenvalue weighted by atomic mass is 127. The molecular formula is C28H33BrIP. The molecular weight excluding hydrogens is 574 g/mol. The first-order chi connectivity index (χ1) is 14.9. The van der Waals surface area contributed by atoms with Crippen molar-refractivity contribution in [3.63, 3.8) is 0 Å². The number of benzene rings is 3. The number of hydrogen-bond acceptors (Lipinski definition) is 0. The van der Waals surface area contributed by atoms with Crippen LogP contribution in [0.3, 0.4) is 0 Å². The Morgan fingerprint density at radius 1 is 0.548 bits per heavy atom. The molecule has 31 heavy (non-hydrogen) atoms. The van der Waals surface area contributed by atoms with Crippen molar-refractivity contribution in [2.75, 3.05) is 10.6 Å². The summed E-state index contributed by atoms with van der Waals surface area (Å²) in [4.78, 5) is 0. The molecule has 0 nitrogen and oxygen atoms in total. The summed E-state index contributed by atoms with van der Waals surface area (Å²) in [6, 6.07) is 33.5. The number of alkyl halides is 1. The SMILES string of the molecule is ICCCCCCCC=CC[P+](c1ccccc1)(c1ccccc1)c1ccccc1.[Br-]. The molecule has 3 aromatic rings. The fourth-order valence-electron chi connectivity index (χ4n) is 4.05. The predicted octanol–water partition coefficient (Wildman–Crippen LogP) is 4.32. The van der Waals surface area contributed by atoms with Gasteiger partial charge in [-0.2, -0.15) is 0 Å². The summed E-state index contributed by atoms with van der Waals surface area (Å²) in [5.74, 6) is 0. The zero-order chi connectivity index (χ0) is 20.9. The molecule has 3 heteroatoms. The van der Waals surface area contributed by atoms with E-state index in [-0.39, 0.29) is 17.0 Å². The van der Waals surface area contributed by atoms with E-state index in [2.05, 4.69) is 126 Å². The Balaban J connectivity index is 0.00000341. The number of halogens is 2. The second-order valence-electron chi connectivity index (χ2n) is 7.72. The molecule has 0 aliphatic carbocycles. The van der Waals surface area contributed by atoms with Crippen molar-refractivity contribution in [3.05, 3.63) is 103 Å². The first-order valence-corrected chi connectivity index (χ1v) is 14.6. The molecule has 0 amide bonds. The molecule has 0 saturated carbocycles. The van der Waals surface area contributed by atoms with Crippen LogP contribution in [0.4, 0.5) is 0 Å². The van der Waals surface area contributed by atoms with Crippen molar-refractivity contribution < 1.29 is 17.0 Å². The summed E-state index contributed by atoms with van der Waals surface area (Å²) in [5.41, 5.74) is 0. The summed E-state index contributed by atoms with van der Waals surface area (Å²) < 4.78 is 1.29. The zero-order valence-corrected chi connectivity index (χ0v) is 22.8. The Bertz CT molecular complexity index is 769. The van der Waals surface area contributed by atoms with E-state index >= 15 is 0 Å². The minimum absolute atomic E-state index is 0. The van der Waals surface area contributed by atoms with Crippen LogP contribution in [0.1, 0.15) is 38.5 Å². The molecule has 3 rings (SSSR count). The van der Waals surface area contributed by atoms with Gasteiger partial charge in [0.2, 0.25) is 0 Å². The summed E-state index contributed by atoms with van der Waals surface area (Å²) >= 11 is 2.48. The Morgan fingerprint density at radius 3 is 1.42 bits per heavy atom. The van der Waals surface area contributed by atoms with Crippen LogP contribution in [0.15, 0.2) is 103 Å². The average Bonchev–Trinajstić information content (AvgIpc) is 2.82. The van der Waals surface area contributed by atoms with Gasteiger partial charge < -0.3 is 17.0 Å². The van der Waals surface area contributed by atoms with Crippen LogP contribution in [0.25, 0.3) is 0 Å². The van der Waals surface area contributed by atoms with Gasteiger partial charge in [-0.25, -0.2) is 0 Å². The standard InChI is InChI=1S/C28H33IP.BrH/c29-24-16-5-3-1-2-4-6-17-25-30(26-18-10-7-11-19-26,27-20-12-8-13-21-27)28-22-14-9-15-23-28;/h6-15,17-23H,1-5,16,24-25H2;1H/q+1;/p-1. The van der Waals surface area contributed by atoms with E-state index < -0.39 is 7.26 Å². The number of hydrogen-bond donors (Lipinski definition) is 0. The molecule has 0 aliphatic rings. The topological polar surface area (TPSA) is 0 Å². The van der Waals surface area contributed by atoms with Gasteiger partial charge in [-0.3, -0.25) is 0 Å². The van der Waals surface area contributed by atoms with Crippen molar-refractivity contribution in [2.24, 2.45) is 0 Å². The maximum Gasteiger partial charge on any atom is 0.115 e. The fourth-order valence-corrected chi connectivity index (χ4v) is 8.62. The van der Waals surface area contributed by atoms with E-state index in [0.717, 1.165) is 6.16 Å². The lowest BCUT2D eigenvalue weighted by Crippen LogP contribution is -3.00. The lowest BCUT2D eigenvalue weighted by atomic mass is 10.1. The maximum atomic E-state index is 2.48. The molecule has 164 valence electrons. The van der Waals surface area contributed by atoms with Crippen molar-refractivity contribution in [1.82, 2.24) is 0 Å². The molecule has 0 saturated heterocycles. The van der Waals surface area contributed by atoms with E-state index in [1.54, 1.807) is 0 Å². The minimum Gasteiger partial charge on any atom is -1.00 e. The summed E-state index contributed by atoms with van der Waals surface area (Å²) in [7, 11) is -1.71. The van der Waals surface area contributed by atoms with Gasteiger partial charge in [-0.1, -0.05) is 109 Å². The molecule has 0 atom stereocenters. The molecule has 0 aromatic heterocycles. The third-order valence-electron chi connectivity index (χ3n) is 5.64. The number of unbranched alkanes of at least 4 members (excludes halogenated alkanes) is 5. The molecule has 0 spiro atoms. The van der Waals surface area contributed by atoms with Gasteiger partial charge in [0, 0.05) is 0 Å². The summed E-state index contributed by atoms with van der Waals surface area (Å²) in [6.07, 6.45) is 14.0. The molecule has 0 N–H and O–H groups in total. The zero-order valence-electron chi connectivity index (χ0n) is 18.2. The third-order valence-corrected chi connectivity index (χ3v) is 10.7. The lowest BCUT2D eigenvalue weighted by molar-refractivity contribution is -0.00000582. The van der Waals surface area contributed by atoms with E-state index in [1.807, 2.05) is 0 Å². The van der Waals surface area contributed by atoms with Gasteiger partial charge >= 0.3 is 0 Å². The molecule has 3 aromatic carbocycles. The van der Waals surface area contributed by atoms with Gasteiger partial charge in [-0.15, -0.1) is 0 Å². The van der Waals surface area contributed by atoms with Crippen LogP contribution >= 0.6 is 29.9 Å². The first kappa shape index (κ1) is 26.3. The van der Waals surface area contributed by atoms with Crippen molar-refractivity contribution in [1.29, 1.82) is 0 Å². The largest absolute Gasteiger partial charge is 1.00 e. The van der Waals surface area contributed by atoms with E-state index in [0.29, 0.717) is 0 Å². The van der Waals surface area contributed by atoms with Crippen molar-refractivity contribution >= 4 is 45.8 Å². The molecule has 0 heterocycles. The van der Waals surface area contributed by atoms with Crippen molar-refractivity contribution in [2.45, 2.75) is 38.5 Å². The highest BCUT2D eigenvalue weighted by molar-refractivity contribution is 14.1. The lowest BCUT2D eigenvalue weighted by Gasteiger charge is -2.26. The molecule has 0 unspecified atom stereocenters. The molecule has 0 bridgehead atoms. The molecule has 0 radical (unpaired) electrons. The highest BCUT2D eigenvalue weighted by Crippen LogP contribution is 2.55. The summed E-state index contributed by atoms with van der Waals surface area (Å²) in [5, 5.41) is 4.39. The second kappa shape index (κ2) is 15.0. The monoisotopic (exact) mass is 606 g/mol. The maximum absolute atomic E-state index is 2.48. The highest BCUT2D eigenvalue weighted by Gasteiger charge is 2.43. The third kappa shape index (κ3) is 7.55. The quantitative estimate of drug-likeness (QED) is 0.0948. The van der Waals surface area contributed by atoms with E-state index in [9.17, 15) is 0 Å². The van der Waals surface area contributed by atoms with Crippen LogP contribution in [-0.4, -0.2) is 10.6 Å². The summed E-state index contributed by atoms with van der Waals surface area (Å²) in [6.45, 7) is 0. The Hall–Kier alpha value is -0.960. The van der Waals surface area contributed by atoms with E-state index in [4.69, 9.17) is 0 Å². The predicted molar refractivity (Wildman–Crippen MR) is 146 cm³/mol. The molecule has 0 fully saturated rings. The Morgan fingerprint density at radius 2 is 0.968 bits per heavy atom. The van der Waals surface area contributed by atoms with Crippen LogP contribution in [-0.2, 0) is 0 Å². The van der Waals surface area contributed by atoms with Crippen LogP contribution in [0, 0.1) is 0 Å². The van der Waals surface area contributed by atoms with Crippen LogP contribution in [0.2, 0.25) is 0 Å². The van der Waals surface area contributed by atoms with E-state index in [1.165, 1.54) is 58.9 Å². The van der Waals surface area contributed by atoms with Gasteiger partial charge in [0.05, 0.1) is 6.16 Å². The first-order valence-electron chi connectivity index (χ1n) is 11.1. The normalized spacial score (nSPS) is 11.4. The van der Waals surface area contributed by atoms with Crippen molar-refractivity contribution in [3.8, 4) is 0 Å². The molecule has 0 aliphatic heterocycles. The van der Waals surface area contributed by atoms with Crippen LogP contribution in [0.5, 0.6) is 0 Å². The second-order valence-corrected chi connectivity index (χ2v) is 12.3. The Labute approximate surface area is 213 Å². The van der Waals surface area contributed by atoms with Gasteiger partial charge in [0.25, 0.3) is 0 Å². The number of allylic oxidation sites excluding steroid dienone is 2.